The standard InChI is InChI=1S/C21H17N5O2/c1-12-13(2)23-19-11-15(6-7-18(19)22-12)21(28)24-16-5-3-4-14(10-16)17-8-9-20(27)26-25-17/h3-11H,1-2H3,(H,24,28)(H,26,27). The number of anilines is 1. The molecule has 0 unspecified atom stereocenters. The highest BCUT2D eigenvalue weighted by Crippen LogP contribution is 2.21. The van der Waals surface area contributed by atoms with Crippen LogP contribution in [-0.4, -0.2) is 26.1 Å². The van der Waals surface area contributed by atoms with Crippen LogP contribution in [0.25, 0.3) is 22.3 Å². The molecule has 0 radical (unpaired) electrons. The second-order valence-corrected chi connectivity index (χ2v) is 6.44. The molecule has 2 aromatic carbocycles. The number of fused-ring (bicyclic) bond motifs is 1. The van der Waals surface area contributed by atoms with E-state index in [0.717, 1.165) is 22.5 Å². The average molecular weight is 371 g/mol. The van der Waals surface area contributed by atoms with Gasteiger partial charge in [-0.25, -0.2) is 15.1 Å². The summed E-state index contributed by atoms with van der Waals surface area (Å²) in [4.78, 5) is 32.8. The third-order valence-corrected chi connectivity index (χ3v) is 4.43. The fourth-order valence-electron chi connectivity index (χ4n) is 2.84. The van der Waals surface area contributed by atoms with E-state index in [-0.39, 0.29) is 11.5 Å². The molecule has 0 saturated carbocycles. The number of hydrogen-bond donors (Lipinski definition) is 2. The maximum Gasteiger partial charge on any atom is 0.264 e. The molecule has 1 amide bonds. The maximum absolute atomic E-state index is 12.7. The van der Waals surface area contributed by atoms with Crippen LogP contribution in [0.2, 0.25) is 0 Å². The van der Waals surface area contributed by atoms with Crippen molar-refractivity contribution in [2.24, 2.45) is 0 Å². The molecule has 28 heavy (non-hydrogen) atoms. The molecular formula is C21H17N5O2. The number of nitrogens with one attached hydrogen (secondary N) is 2. The number of rotatable bonds is 3. The summed E-state index contributed by atoms with van der Waals surface area (Å²) in [7, 11) is 0. The first-order valence-electron chi connectivity index (χ1n) is 8.72. The first kappa shape index (κ1) is 17.5. The van der Waals surface area contributed by atoms with E-state index in [1.54, 1.807) is 36.4 Å². The zero-order valence-electron chi connectivity index (χ0n) is 15.4. The van der Waals surface area contributed by atoms with E-state index in [4.69, 9.17) is 0 Å². The van der Waals surface area contributed by atoms with Crippen LogP contribution < -0.4 is 10.9 Å². The number of H-pyrrole nitrogens is 1. The van der Waals surface area contributed by atoms with Crippen LogP contribution in [-0.2, 0) is 0 Å². The summed E-state index contributed by atoms with van der Waals surface area (Å²) in [6, 6.07) is 15.6. The highest BCUT2D eigenvalue weighted by Gasteiger charge is 2.10. The normalized spacial score (nSPS) is 10.8. The van der Waals surface area contributed by atoms with Gasteiger partial charge in [0.05, 0.1) is 28.1 Å². The van der Waals surface area contributed by atoms with E-state index < -0.39 is 0 Å². The Bertz CT molecular complexity index is 1240. The lowest BCUT2D eigenvalue weighted by Gasteiger charge is -2.08. The van der Waals surface area contributed by atoms with Gasteiger partial charge in [-0.1, -0.05) is 12.1 Å². The van der Waals surface area contributed by atoms with E-state index in [0.29, 0.717) is 22.5 Å². The predicted octanol–water partition coefficient (Wildman–Crippen LogP) is 3.25. The van der Waals surface area contributed by atoms with Gasteiger partial charge in [-0.05, 0) is 50.2 Å². The average Bonchev–Trinajstić information content (AvgIpc) is 2.69. The molecule has 0 fully saturated rings. The molecule has 138 valence electrons. The lowest BCUT2D eigenvalue weighted by Crippen LogP contribution is -2.12. The Morgan fingerprint density at radius 2 is 1.71 bits per heavy atom. The minimum Gasteiger partial charge on any atom is -0.322 e. The number of aromatic nitrogens is 4. The number of hydrogen-bond acceptors (Lipinski definition) is 5. The molecule has 4 aromatic rings. The van der Waals surface area contributed by atoms with Crippen molar-refractivity contribution in [1.29, 1.82) is 0 Å². The first-order chi connectivity index (χ1) is 13.5. The predicted molar refractivity (Wildman–Crippen MR) is 107 cm³/mol. The van der Waals surface area contributed by atoms with E-state index in [9.17, 15) is 9.59 Å². The smallest absolute Gasteiger partial charge is 0.264 e. The van der Waals surface area contributed by atoms with Gasteiger partial charge in [0.15, 0.2) is 0 Å². The van der Waals surface area contributed by atoms with E-state index in [1.165, 1.54) is 6.07 Å². The summed E-state index contributed by atoms with van der Waals surface area (Å²) in [6.07, 6.45) is 0. The van der Waals surface area contributed by atoms with Crippen molar-refractivity contribution in [2.75, 3.05) is 5.32 Å². The van der Waals surface area contributed by atoms with Gasteiger partial charge in [-0.2, -0.15) is 5.10 Å². The fraction of sp³-hybridized carbons (Fsp3) is 0.0952. The molecular weight excluding hydrogens is 354 g/mol. The van der Waals surface area contributed by atoms with E-state index >= 15 is 0 Å². The Labute approximate surface area is 160 Å². The Balaban J connectivity index is 1.60. The quantitative estimate of drug-likeness (QED) is 0.576. The molecule has 2 N–H and O–H groups in total. The molecule has 0 bridgehead atoms. The molecule has 0 aliphatic rings. The van der Waals surface area contributed by atoms with Gasteiger partial charge in [-0.15, -0.1) is 0 Å². The van der Waals surface area contributed by atoms with Crippen molar-refractivity contribution in [3.05, 3.63) is 81.9 Å². The third-order valence-electron chi connectivity index (χ3n) is 4.43. The Morgan fingerprint density at radius 1 is 0.929 bits per heavy atom. The minimum atomic E-state index is -0.266. The minimum absolute atomic E-state index is 0.242. The fourth-order valence-corrected chi connectivity index (χ4v) is 2.84. The zero-order chi connectivity index (χ0) is 19.7. The highest BCUT2D eigenvalue weighted by molar-refractivity contribution is 6.06. The lowest BCUT2D eigenvalue weighted by molar-refractivity contribution is 0.102. The summed E-state index contributed by atoms with van der Waals surface area (Å²) in [5.41, 5.74) is 5.40. The molecule has 0 spiro atoms. The zero-order valence-corrected chi connectivity index (χ0v) is 15.4. The van der Waals surface area contributed by atoms with Gasteiger partial charge in [0, 0.05) is 22.9 Å². The molecule has 0 atom stereocenters. The van der Waals surface area contributed by atoms with Crippen molar-refractivity contribution in [1.82, 2.24) is 20.2 Å². The molecule has 2 aromatic heterocycles. The summed E-state index contributed by atoms with van der Waals surface area (Å²) >= 11 is 0. The molecule has 0 aliphatic carbocycles. The summed E-state index contributed by atoms with van der Waals surface area (Å²) in [5.74, 6) is -0.242. The summed E-state index contributed by atoms with van der Waals surface area (Å²) in [5, 5.41) is 9.30. The number of carbonyl (C=O) groups is 1. The van der Waals surface area contributed by atoms with Crippen molar-refractivity contribution >= 4 is 22.6 Å². The number of carbonyl (C=O) groups excluding carboxylic acids is 1. The van der Waals surface area contributed by atoms with Crippen molar-refractivity contribution in [2.45, 2.75) is 13.8 Å². The largest absolute Gasteiger partial charge is 0.322 e. The van der Waals surface area contributed by atoms with Crippen LogP contribution in [0.5, 0.6) is 0 Å². The van der Waals surface area contributed by atoms with Crippen molar-refractivity contribution < 1.29 is 4.79 Å². The van der Waals surface area contributed by atoms with Gasteiger partial charge >= 0.3 is 0 Å². The van der Waals surface area contributed by atoms with E-state index in [2.05, 4.69) is 25.5 Å². The van der Waals surface area contributed by atoms with Gasteiger partial charge in [0.1, 0.15) is 0 Å². The SMILES string of the molecule is Cc1nc2ccc(C(=O)Nc3cccc(-c4ccc(=O)[nH]n4)c3)cc2nc1C. The van der Waals surface area contributed by atoms with Gasteiger partial charge in [0.2, 0.25) is 0 Å². The monoisotopic (exact) mass is 371 g/mol. The lowest BCUT2D eigenvalue weighted by atomic mass is 10.1. The molecule has 0 saturated heterocycles. The number of aromatic amines is 1. The van der Waals surface area contributed by atoms with Crippen LogP contribution in [0.15, 0.2) is 59.4 Å². The Hall–Kier alpha value is -3.87. The van der Waals surface area contributed by atoms with Crippen LogP contribution in [0.1, 0.15) is 21.7 Å². The molecule has 7 heteroatoms. The Morgan fingerprint density at radius 3 is 2.46 bits per heavy atom. The second kappa shape index (κ2) is 7.03. The van der Waals surface area contributed by atoms with Crippen molar-refractivity contribution in [3.63, 3.8) is 0 Å². The number of aryl methyl sites for hydroxylation is 2. The van der Waals surface area contributed by atoms with Crippen molar-refractivity contribution in [3.8, 4) is 11.3 Å². The molecule has 7 nitrogen and oxygen atoms in total. The number of nitrogens with zero attached hydrogens (tertiary/aromatic N) is 3. The molecule has 2 heterocycles. The second-order valence-electron chi connectivity index (χ2n) is 6.44. The topological polar surface area (TPSA) is 101 Å². The maximum atomic E-state index is 12.7. The van der Waals surface area contributed by atoms with Gasteiger partial charge in [-0.3, -0.25) is 9.59 Å². The summed E-state index contributed by atoms with van der Waals surface area (Å²) < 4.78 is 0. The van der Waals surface area contributed by atoms with Crippen LogP contribution in [0, 0.1) is 13.8 Å². The molecule has 4 rings (SSSR count). The summed E-state index contributed by atoms with van der Waals surface area (Å²) in [6.45, 7) is 3.80. The Kier molecular flexibility index (Phi) is 4.41. The third kappa shape index (κ3) is 3.50. The first-order valence-corrected chi connectivity index (χ1v) is 8.72. The van der Waals surface area contributed by atoms with Gasteiger partial charge < -0.3 is 5.32 Å². The van der Waals surface area contributed by atoms with Crippen LogP contribution in [0.3, 0.4) is 0 Å². The van der Waals surface area contributed by atoms with Crippen LogP contribution in [0.4, 0.5) is 5.69 Å². The van der Waals surface area contributed by atoms with Crippen LogP contribution >= 0.6 is 0 Å². The molecule has 0 aliphatic heterocycles. The van der Waals surface area contributed by atoms with Gasteiger partial charge in [0.25, 0.3) is 11.5 Å². The number of amides is 1. The number of benzene rings is 2. The highest BCUT2D eigenvalue weighted by atomic mass is 16.1. The van der Waals surface area contributed by atoms with E-state index in [1.807, 2.05) is 26.0 Å².